The van der Waals surface area contributed by atoms with Crippen LogP contribution in [0.1, 0.15) is 22.7 Å². The number of rotatable bonds is 3. The first-order valence-electron chi connectivity index (χ1n) is 6.87. The molecule has 0 saturated carbocycles. The van der Waals surface area contributed by atoms with Crippen LogP contribution in [0, 0.1) is 17.6 Å². The summed E-state index contributed by atoms with van der Waals surface area (Å²) in [7, 11) is 1.84. The minimum Gasteiger partial charge on any atom is -0.313 e. The van der Waals surface area contributed by atoms with Gasteiger partial charge >= 0.3 is 0 Å². The Morgan fingerprint density at radius 2 is 1.55 bits per heavy atom. The summed E-state index contributed by atoms with van der Waals surface area (Å²) in [5.74, 6) is -0.704. The van der Waals surface area contributed by atoms with Gasteiger partial charge in [0.25, 0.3) is 0 Å². The maximum atomic E-state index is 13.4. The van der Waals surface area contributed by atoms with Crippen molar-refractivity contribution in [1.29, 1.82) is 0 Å². The van der Waals surface area contributed by atoms with E-state index < -0.39 is 11.6 Å². The third kappa shape index (κ3) is 2.46. The minimum atomic E-state index is -0.518. The van der Waals surface area contributed by atoms with E-state index in [1.807, 2.05) is 19.2 Å². The smallest absolute Gasteiger partial charge is 0.126 e. The van der Waals surface area contributed by atoms with Gasteiger partial charge in [-0.15, -0.1) is 0 Å². The molecule has 0 spiro atoms. The zero-order valence-electron chi connectivity index (χ0n) is 11.4. The lowest BCUT2D eigenvalue weighted by Gasteiger charge is -2.23. The Kier molecular flexibility index (Phi) is 3.53. The molecular weight excluding hydrogens is 256 g/mol. The number of halogens is 2. The second-order valence-corrected chi connectivity index (χ2v) is 5.41. The highest BCUT2D eigenvalue weighted by molar-refractivity contribution is 5.34. The molecule has 3 rings (SSSR count). The van der Waals surface area contributed by atoms with E-state index in [2.05, 4.69) is 17.4 Å². The SMILES string of the molecule is CNC(c1cc(F)cc(F)c1)C1Cc2ccccc2C1. The molecule has 0 fully saturated rings. The molecule has 2 aromatic rings. The van der Waals surface area contributed by atoms with Crippen molar-refractivity contribution in [3.05, 3.63) is 70.8 Å². The standard InChI is InChI=1S/C17H17F2N/c1-20-17(14-8-15(18)10-16(19)9-14)13-6-11-4-2-3-5-12(11)7-13/h2-5,8-10,13,17,20H,6-7H2,1H3. The molecule has 1 unspecified atom stereocenters. The van der Waals surface area contributed by atoms with Crippen LogP contribution in [0.3, 0.4) is 0 Å². The maximum absolute atomic E-state index is 13.4. The lowest BCUT2D eigenvalue weighted by Crippen LogP contribution is -2.26. The van der Waals surface area contributed by atoms with Gasteiger partial charge in [-0.05, 0) is 54.6 Å². The van der Waals surface area contributed by atoms with E-state index in [0.29, 0.717) is 11.5 Å². The summed E-state index contributed by atoms with van der Waals surface area (Å²) in [5, 5.41) is 3.22. The molecule has 0 bridgehead atoms. The zero-order chi connectivity index (χ0) is 14.1. The van der Waals surface area contributed by atoms with Gasteiger partial charge in [-0.3, -0.25) is 0 Å². The van der Waals surface area contributed by atoms with Gasteiger partial charge in [0, 0.05) is 12.1 Å². The van der Waals surface area contributed by atoms with Gasteiger partial charge in [-0.1, -0.05) is 24.3 Å². The molecule has 0 heterocycles. The summed E-state index contributed by atoms with van der Waals surface area (Å²) < 4.78 is 26.8. The molecule has 1 atom stereocenters. The summed E-state index contributed by atoms with van der Waals surface area (Å²) in [5.41, 5.74) is 3.37. The Hall–Kier alpha value is -1.74. The second-order valence-electron chi connectivity index (χ2n) is 5.41. The average molecular weight is 273 g/mol. The molecule has 0 amide bonds. The van der Waals surface area contributed by atoms with Gasteiger partial charge in [0.15, 0.2) is 0 Å². The molecule has 1 aliphatic rings. The molecule has 1 N–H and O–H groups in total. The van der Waals surface area contributed by atoms with E-state index in [1.54, 1.807) is 0 Å². The van der Waals surface area contributed by atoms with E-state index in [1.165, 1.54) is 23.3 Å². The van der Waals surface area contributed by atoms with Crippen molar-refractivity contribution < 1.29 is 8.78 Å². The molecule has 0 aliphatic heterocycles. The predicted octanol–water partition coefficient (Wildman–Crippen LogP) is 3.64. The monoisotopic (exact) mass is 273 g/mol. The molecule has 104 valence electrons. The van der Waals surface area contributed by atoms with Gasteiger partial charge < -0.3 is 5.32 Å². The molecule has 20 heavy (non-hydrogen) atoms. The molecule has 0 aromatic heterocycles. The van der Waals surface area contributed by atoms with Crippen LogP contribution in [0.15, 0.2) is 42.5 Å². The third-order valence-electron chi connectivity index (χ3n) is 4.11. The highest BCUT2D eigenvalue weighted by atomic mass is 19.1. The Labute approximate surface area is 117 Å². The zero-order valence-corrected chi connectivity index (χ0v) is 11.4. The first kappa shape index (κ1) is 13.3. The van der Waals surface area contributed by atoms with Crippen molar-refractivity contribution in [2.75, 3.05) is 7.05 Å². The Bertz CT molecular complexity index is 579. The number of hydrogen-bond donors (Lipinski definition) is 1. The Morgan fingerprint density at radius 3 is 2.05 bits per heavy atom. The van der Waals surface area contributed by atoms with Crippen molar-refractivity contribution in [3.63, 3.8) is 0 Å². The van der Waals surface area contributed by atoms with Crippen molar-refractivity contribution >= 4 is 0 Å². The number of benzene rings is 2. The average Bonchev–Trinajstić information content (AvgIpc) is 2.81. The Balaban J connectivity index is 1.88. The fourth-order valence-corrected chi connectivity index (χ4v) is 3.26. The maximum Gasteiger partial charge on any atom is 0.126 e. The number of nitrogens with one attached hydrogen (secondary N) is 1. The quantitative estimate of drug-likeness (QED) is 0.900. The van der Waals surface area contributed by atoms with Crippen molar-refractivity contribution in [3.8, 4) is 0 Å². The van der Waals surface area contributed by atoms with Gasteiger partial charge in [0.2, 0.25) is 0 Å². The summed E-state index contributed by atoms with van der Waals surface area (Å²) in [6, 6.07) is 12.1. The first-order valence-corrected chi connectivity index (χ1v) is 6.87. The molecular formula is C17H17F2N. The summed E-state index contributed by atoms with van der Waals surface area (Å²) in [4.78, 5) is 0. The highest BCUT2D eigenvalue weighted by Gasteiger charge is 2.29. The lowest BCUT2D eigenvalue weighted by atomic mass is 9.90. The van der Waals surface area contributed by atoms with E-state index in [4.69, 9.17) is 0 Å². The van der Waals surface area contributed by atoms with E-state index >= 15 is 0 Å². The van der Waals surface area contributed by atoms with Crippen LogP contribution in [0.4, 0.5) is 8.78 Å². The fraction of sp³-hybridized carbons (Fsp3) is 0.294. The molecule has 0 saturated heterocycles. The summed E-state index contributed by atoms with van der Waals surface area (Å²) >= 11 is 0. The summed E-state index contributed by atoms with van der Waals surface area (Å²) in [6.45, 7) is 0. The molecule has 1 nitrogen and oxygen atoms in total. The molecule has 3 heteroatoms. The largest absolute Gasteiger partial charge is 0.313 e. The van der Waals surface area contributed by atoms with Crippen LogP contribution in [-0.4, -0.2) is 7.05 Å². The third-order valence-corrected chi connectivity index (χ3v) is 4.11. The van der Waals surface area contributed by atoms with Gasteiger partial charge in [-0.25, -0.2) is 8.78 Å². The van der Waals surface area contributed by atoms with Crippen LogP contribution < -0.4 is 5.32 Å². The van der Waals surface area contributed by atoms with Crippen LogP contribution in [0.5, 0.6) is 0 Å². The van der Waals surface area contributed by atoms with E-state index in [9.17, 15) is 8.78 Å². The first-order chi connectivity index (χ1) is 9.67. The van der Waals surface area contributed by atoms with Crippen LogP contribution in [0.25, 0.3) is 0 Å². The van der Waals surface area contributed by atoms with Crippen LogP contribution >= 0.6 is 0 Å². The van der Waals surface area contributed by atoms with Crippen molar-refractivity contribution in [2.24, 2.45) is 5.92 Å². The minimum absolute atomic E-state index is 0.0346. The van der Waals surface area contributed by atoms with E-state index in [0.717, 1.165) is 18.9 Å². The van der Waals surface area contributed by atoms with Gasteiger partial charge in [-0.2, -0.15) is 0 Å². The highest BCUT2D eigenvalue weighted by Crippen LogP contribution is 2.35. The lowest BCUT2D eigenvalue weighted by molar-refractivity contribution is 0.394. The van der Waals surface area contributed by atoms with Crippen molar-refractivity contribution in [2.45, 2.75) is 18.9 Å². The molecule has 2 aromatic carbocycles. The molecule has 0 radical (unpaired) electrons. The fourth-order valence-electron chi connectivity index (χ4n) is 3.26. The normalized spacial score (nSPS) is 16.1. The van der Waals surface area contributed by atoms with Crippen LogP contribution in [-0.2, 0) is 12.8 Å². The number of hydrogen-bond acceptors (Lipinski definition) is 1. The summed E-state index contributed by atoms with van der Waals surface area (Å²) in [6.07, 6.45) is 1.89. The Morgan fingerprint density at radius 1 is 1.00 bits per heavy atom. The molecule has 1 aliphatic carbocycles. The van der Waals surface area contributed by atoms with Gasteiger partial charge in [0.05, 0.1) is 0 Å². The van der Waals surface area contributed by atoms with Crippen LogP contribution in [0.2, 0.25) is 0 Å². The predicted molar refractivity (Wildman–Crippen MR) is 75.5 cm³/mol. The topological polar surface area (TPSA) is 12.0 Å². The second kappa shape index (κ2) is 5.33. The van der Waals surface area contributed by atoms with E-state index in [-0.39, 0.29) is 6.04 Å². The number of fused-ring (bicyclic) bond motifs is 1. The van der Waals surface area contributed by atoms with Crippen molar-refractivity contribution in [1.82, 2.24) is 5.32 Å². The van der Waals surface area contributed by atoms with Gasteiger partial charge in [0.1, 0.15) is 11.6 Å².